The van der Waals surface area contributed by atoms with Crippen LogP contribution in [0.3, 0.4) is 0 Å². The Balaban J connectivity index is 1.72. The molecule has 1 amide bonds. The number of hydrogen-bond donors (Lipinski definition) is 1. The van der Waals surface area contributed by atoms with Crippen LogP contribution in [-0.4, -0.2) is 29.8 Å². The summed E-state index contributed by atoms with van der Waals surface area (Å²) in [6.45, 7) is 6.37. The lowest BCUT2D eigenvalue weighted by Crippen LogP contribution is -2.63. The van der Waals surface area contributed by atoms with Crippen LogP contribution in [0.25, 0.3) is 0 Å². The van der Waals surface area contributed by atoms with Crippen LogP contribution in [-0.2, 0) is 4.74 Å². The molecule has 0 radical (unpaired) electrons. The van der Waals surface area contributed by atoms with E-state index in [4.69, 9.17) is 9.26 Å². The zero-order valence-corrected chi connectivity index (χ0v) is 13.1. The number of nitrogens with zero attached hydrogens (tertiary/aromatic N) is 1. The summed E-state index contributed by atoms with van der Waals surface area (Å²) < 4.78 is 11.0. The third-order valence-corrected chi connectivity index (χ3v) is 5.25. The Morgan fingerprint density at radius 1 is 1.43 bits per heavy atom. The van der Waals surface area contributed by atoms with Gasteiger partial charge in [0.1, 0.15) is 11.3 Å². The van der Waals surface area contributed by atoms with Crippen LogP contribution in [0.15, 0.2) is 4.52 Å². The Morgan fingerprint density at radius 2 is 2.14 bits per heavy atom. The van der Waals surface area contributed by atoms with Gasteiger partial charge in [0, 0.05) is 18.1 Å². The molecule has 1 heterocycles. The molecule has 1 spiro atoms. The van der Waals surface area contributed by atoms with E-state index in [-0.39, 0.29) is 17.4 Å². The van der Waals surface area contributed by atoms with Crippen LogP contribution >= 0.6 is 0 Å². The van der Waals surface area contributed by atoms with Crippen LogP contribution in [0.5, 0.6) is 0 Å². The summed E-state index contributed by atoms with van der Waals surface area (Å²) in [5, 5.41) is 7.06. The molecule has 2 aliphatic rings. The molecule has 1 N–H and O–H groups in total. The second-order valence-corrected chi connectivity index (χ2v) is 6.35. The zero-order chi connectivity index (χ0) is 15.0. The lowest BCUT2D eigenvalue weighted by molar-refractivity contribution is -0.127. The van der Waals surface area contributed by atoms with Crippen molar-refractivity contribution in [2.75, 3.05) is 6.61 Å². The normalized spacial score (nSPS) is 26.8. The van der Waals surface area contributed by atoms with Gasteiger partial charge in [0.2, 0.25) is 0 Å². The number of carbonyl (C=O) groups excluding carboxylic acids is 1. The molecule has 1 aromatic heterocycles. The minimum atomic E-state index is -0.0579. The van der Waals surface area contributed by atoms with Gasteiger partial charge >= 0.3 is 0 Å². The van der Waals surface area contributed by atoms with Gasteiger partial charge in [-0.3, -0.25) is 4.79 Å². The summed E-state index contributed by atoms with van der Waals surface area (Å²) in [5.74, 6) is 0.531. The number of nitrogens with one attached hydrogen (secondary N) is 1. The van der Waals surface area contributed by atoms with E-state index in [1.165, 1.54) is 12.8 Å². The Morgan fingerprint density at radius 3 is 2.71 bits per heavy atom. The fourth-order valence-electron chi connectivity index (χ4n) is 4.13. The molecule has 5 heteroatoms. The standard InChI is InChI=1S/C16H24N2O3/c1-4-20-13-9-12(16(13)7-5-6-8-16)17-15(19)14-10(2)18-21-11(14)3/h12-13H,4-9H2,1-3H3,(H,17,19)/t12-,13-/m1/s1. The quantitative estimate of drug-likeness (QED) is 0.926. The molecule has 0 unspecified atom stereocenters. The van der Waals surface area contributed by atoms with Crippen LogP contribution in [0.1, 0.15) is 60.8 Å². The highest BCUT2D eigenvalue weighted by Crippen LogP contribution is 2.54. The van der Waals surface area contributed by atoms with Crippen molar-refractivity contribution >= 4 is 5.91 Å². The molecule has 116 valence electrons. The highest BCUT2D eigenvalue weighted by molar-refractivity contribution is 5.96. The first-order chi connectivity index (χ1) is 10.1. The molecule has 1 aromatic rings. The monoisotopic (exact) mass is 292 g/mol. The average Bonchev–Trinajstić information content (AvgIpc) is 3.07. The van der Waals surface area contributed by atoms with Crippen LogP contribution in [0.4, 0.5) is 0 Å². The minimum Gasteiger partial charge on any atom is -0.378 e. The first-order valence-corrected chi connectivity index (χ1v) is 7.94. The first kappa shape index (κ1) is 14.6. The van der Waals surface area contributed by atoms with Gasteiger partial charge in [0.25, 0.3) is 5.91 Å². The predicted molar refractivity (Wildman–Crippen MR) is 78.2 cm³/mol. The molecule has 3 rings (SSSR count). The number of amides is 1. The third-order valence-electron chi connectivity index (χ3n) is 5.25. The summed E-state index contributed by atoms with van der Waals surface area (Å²) in [5.41, 5.74) is 1.40. The maximum atomic E-state index is 12.5. The molecule has 0 aromatic carbocycles. The molecule has 2 fully saturated rings. The van der Waals surface area contributed by atoms with Gasteiger partial charge in [-0.2, -0.15) is 0 Å². The maximum Gasteiger partial charge on any atom is 0.257 e. The number of rotatable bonds is 4. The van der Waals surface area contributed by atoms with Crippen LogP contribution < -0.4 is 5.32 Å². The van der Waals surface area contributed by atoms with Crippen molar-refractivity contribution in [3.8, 4) is 0 Å². The Kier molecular flexibility index (Phi) is 3.78. The second kappa shape index (κ2) is 5.44. The van der Waals surface area contributed by atoms with Crippen LogP contribution in [0, 0.1) is 19.3 Å². The number of aryl methyl sites for hydroxylation is 2. The Bertz CT molecular complexity index is 512. The number of ether oxygens (including phenoxy) is 1. The number of aromatic nitrogens is 1. The molecule has 0 bridgehead atoms. The van der Waals surface area contributed by atoms with E-state index in [1.807, 2.05) is 6.92 Å². The lowest BCUT2D eigenvalue weighted by atomic mass is 9.60. The van der Waals surface area contributed by atoms with Crippen molar-refractivity contribution in [1.82, 2.24) is 10.5 Å². The van der Waals surface area contributed by atoms with Gasteiger partial charge in [-0.1, -0.05) is 18.0 Å². The average molecular weight is 292 g/mol. The summed E-state index contributed by atoms with van der Waals surface area (Å²) in [6.07, 6.45) is 6.01. The van der Waals surface area contributed by atoms with Crippen molar-refractivity contribution in [2.24, 2.45) is 5.41 Å². The molecule has 21 heavy (non-hydrogen) atoms. The zero-order valence-electron chi connectivity index (χ0n) is 13.1. The smallest absolute Gasteiger partial charge is 0.257 e. The second-order valence-electron chi connectivity index (χ2n) is 6.35. The van der Waals surface area contributed by atoms with E-state index in [9.17, 15) is 4.79 Å². The van der Waals surface area contributed by atoms with Crippen molar-refractivity contribution in [1.29, 1.82) is 0 Å². The number of hydrogen-bond acceptors (Lipinski definition) is 4. The van der Waals surface area contributed by atoms with Crippen LogP contribution in [0.2, 0.25) is 0 Å². The van der Waals surface area contributed by atoms with E-state index in [0.29, 0.717) is 23.1 Å². The molecule has 2 atom stereocenters. The van der Waals surface area contributed by atoms with E-state index in [2.05, 4.69) is 10.5 Å². The predicted octanol–water partition coefficient (Wildman–Crippen LogP) is 2.76. The molecule has 0 saturated heterocycles. The van der Waals surface area contributed by atoms with Crippen molar-refractivity contribution in [3.05, 3.63) is 17.0 Å². The largest absolute Gasteiger partial charge is 0.378 e. The first-order valence-electron chi connectivity index (χ1n) is 7.94. The fourth-order valence-corrected chi connectivity index (χ4v) is 4.13. The Labute approximate surface area is 125 Å². The summed E-state index contributed by atoms with van der Waals surface area (Å²) >= 11 is 0. The topological polar surface area (TPSA) is 64.4 Å². The maximum absolute atomic E-state index is 12.5. The summed E-state index contributed by atoms with van der Waals surface area (Å²) in [7, 11) is 0. The minimum absolute atomic E-state index is 0.0579. The van der Waals surface area contributed by atoms with Gasteiger partial charge in [-0.25, -0.2) is 0 Å². The molecule has 2 aliphatic carbocycles. The van der Waals surface area contributed by atoms with Gasteiger partial charge in [0.15, 0.2) is 0 Å². The molecule has 5 nitrogen and oxygen atoms in total. The van der Waals surface area contributed by atoms with Gasteiger partial charge < -0.3 is 14.6 Å². The van der Waals surface area contributed by atoms with Crippen molar-refractivity contribution in [3.63, 3.8) is 0 Å². The SMILES string of the molecule is CCO[C@@H]1C[C@@H](NC(=O)c2c(C)noc2C)C12CCCC2. The molecule has 0 aliphatic heterocycles. The van der Waals surface area contributed by atoms with Gasteiger partial charge in [-0.05, 0) is 40.0 Å². The van der Waals surface area contributed by atoms with Gasteiger partial charge in [0.05, 0.1) is 11.8 Å². The molecular weight excluding hydrogens is 268 g/mol. The molecule has 2 saturated carbocycles. The molecular formula is C16H24N2O3. The van der Waals surface area contributed by atoms with Crippen molar-refractivity contribution < 1.29 is 14.1 Å². The Hall–Kier alpha value is -1.36. The lowest BCUT2D eigenvalue weighted by Gasteiger charge is -2.54. The van der Waals surface area contributed by atoms with E-state index >= 15 is 0 Å². The van der Waals surface area contributed by atoms with E-state index < -0.39 is 0 Å². The van der Waals surface area contributed by atoms with E-state index in [1.54, 1.807) is 13.8 Å². The van der Waals surface area contributed by atoms with Crippen molar-refractivity contribution in [2.45, 2.75) is 65.0 Å². The summed E-state index contributed by atoms with van der Waals surface area (Å²) in [6, 6.07) is 0.220. The highest BCUT2D eigenvalue weighted by Gasteiger charge is 2.57. The summed E-state index contributed by atoms with van der Waals surface area (Å²) in [4.78, 5) is 12.5. The van der Waals surface area contributed by atoms with Gasteiger partial charge in [-0.15, -0.1) is 0 Å². The van der Waals surface area contributed by atoms with E-state index in [0.717, 1.165) is 25.9 Å². The fraction of sp³-hybridized carbons (Fsp3) is 0.750. The number of carbonyl (C=O) groups is 1. The third kappa shape index (κ3) is 2.27. The highest BCUT2D eigenvalue weighted by atomic mass is 16.5.